The molecule has 0 saturated carbocycles. The van der Waals surface area contributed by atoms with E-state index in [1.165, 1.54) is 17.5 Å². The minimum atomic E-state index is -2.44. The van der Waals surface area contributed by atoms with Crippen molar-refractivity contribution in [2.75, 3.05) is 40.0 Å². The largest absolute Gasteiger partial charge is 0.760 e. The van der Waals surface area contributed by atoms with E-state index in [1.807, 2.05) is 0 Å². The highest BCUT2D eigenvalue weighted by molar-refractivity contribution is 7.76. The first-order chi connectivity index (χ1) is 15.4. The molecule has 174 valence electrons. The van der Waals surface area contributed by atoms with Gasteiger partial charge in [0.1, 0.15) is 5.82 Å². The van der Waals surface area contributed by atoms with Gasteiger partial charge in [-0.2, -0.15) is 0 Å². The first-order valence-electron chi connectivity index (χ1n) is 10.2. The number of nitrogens with zero attached hydrogens (tertiary/aromatic N) is 2. The third kappa shape index (κ3) is 6.57. The van der Waals surface area contributed by atoms with Gasteiger partial charge in [0.2, 0.25) is 0 Å². The SMILES string of the molecule is COC(=O)c1ccc(CN(CCC(c2ccc(F)c(Cl)c2)N2CCOCC2)S(=O)[O-])cc1. The highest BCUT2D eigenvalue weighted by atomic mass is 35.5. The monoisotopic (exact) mass is 483 g/mol. The third-order valence-electron chi connectivity index (χ3n) is 5.41. The third-order valence-corrected chi connectivity index (χ3v) is 6.43. The van der Waals surface area contributed by atoms with Gasteiger partial charge < -0.3 is 14.0 Å². The van der Waals surface area contributed by atoms with E-state index in [0.29, 0.717) is 38.3 Å². The molecular weight excluding hydrogens is 459 g/mol. The molecule has 32 heavy (non-hydrogen) atoms. The van der Waals surface area contributed by atoms with Crippen LogP contribution in [0.2, 0.25) is 5.02 Å². The van der Waals surface area contributed by atoms with Crippen LogP contribution in [0.4, 0.5) is 4.39 Å². The second-order valence-electron chi connectivity index (χ2n) is 7.40. The Balaban J connectivity index is 1.73. The standard InChI is InChI=1S/C22H26ClFN2O5S/c1-30-22(27)17-4-2-16(3-5-17)15-26(32(28)29)9-8-21(25-10-12-31-13-11-25)18-6-7-20(24)19(23)14-18/h2-7,14,21H,8-13,15H2,1H3,(H,28,29)/p-1. The minimum absolute atomic E-state index is 0.0377. The van der Waals surface area contributed by atoms with E-state index in [2.05, 4.69) is 9.64 Å². The predicted octanol–water partition coefficient (Wildman–Crippen LogP) is 3.33. The van der Waals surface area contributed by atoms with Crippen LogP contribution in [0.3, 0.4) is 0 Å². The van der Waals surface area contributed by atoms with Crippen molar-refractivity contribution in [2.45, 2.75) is 19.0 Å². The Morgan fingerprint density at radius 1 is 1.28 bits per heavy atom. The van der Waals surface area contributed by atoms with Gasteiger partial charge in [-0.15, -0.1) is 0 Å². The van der Waals surface area contributed by atoms with Crippen LogP contribution < -0.4 is 0 Å². The Kier molecular flexibility index (Phi) is 9.15. The number of carbonyl (C=O) groups excluding carboxylic acids is 1. The van der Waals surface area contributed by atoms with Crippen LogP contribution in [0.25, 0.3) is 0 Å². The number of hydrogen-bond donors (Lipinski definition) is 0. The van der Waals surface area contributed by atoms with Crippen molar-refractivity contribution in [1.29, 1.82) is 0 Å². The van der Waals surface area contributed by atoms with E-state index in [-0.39, 0.29) is 24.2 Å². The lowest BCUT2D eigenvalue weighted by atomic mass is 10.0. The van der Waals surface area contributed by atoms with Crippen molar-refractivity contribution in [3.8, 4) is 0 Å². The molecule has 0 amide bonds. The van der Waals surface area contributed by atoms with Gasteiger partial charge in [-0.25, -0.2) is 13.5 Å². The highest BCUT2D eigenvalue weighted by Gasteiger charge is 2.24. The number of esters is 1. The summed E-state index contributed by atoms with van der Waals surface area (Å²) in [5.41, 5.74) is 1.97. The molecule has 1 heterocycles. The maximum absolute atomic E-state index is 13.7. The molecule has 0 aliphatic carbocycles. The molecule has 2 aromatic carbocycles. The summed E-state index contributed by atoms with van der Waals surface area (Å²) in [4.78, 5) is 13.8. The summed E-state index contributed by atoms with van der Waals surface area (Å²) in [7, 11) is 1.30. The van der Waals surface area contributed by atoms with Crippen molar-refractivity contribution in [3.05, 3.63) is 70.0 Å². The zero-order valence-electron chi connectivity index (χ0n) is 17.7. The Bertz CT molecular complexity index is 940. The maximum atomic E-state index is 13.7. The number of benzene rings is 2. The fourth-order valence-electron chi connectivity index (χ4n) is 3.71. The van der Waals surface area contributed by atoms with Crippen LogP contribution in [-0.4, -0.2) is 63.9 Å². The van der Waals surface area contributed by atoms with Gasteiger partial charge in [-0.05, 0) is 41.8 Å². The summed E-state index contributed by atoms with van der Waals surface area (Å²) < 4.78 is 48.9. The lowest BCUT2D eigenvalue weighted by Gasteiger charge is -2.36. The van der Waals surface area contributed by atoms with Crippen molar-refractivity contribution in [1.82, 2.24) is 9.21 Å². The molecule has 1 saturated heterocycles. The van der Waals surface area contributed by atoms with Gasteiger partial charge in [0, 0.05) is 43.5 Å². The quantitative estimate of drug-likeness (QED) is 0.402. The summed E-state index contributed by atoms with van der Waals surface area (Å²) in [6.07, 6.45) is 0.496. The van der Waals surface area contributed by atoms with Gasteiger partial charge in [-0.1, -0.05) is 29.8 Å². The summed E-state index contributed by atoms with van der Waals surface area (Å²) in [6, 6.07) is 11.1. The van der Waals surface area contributed by atoms with Crippen molar-refractivity contribution >= 4 is 28.8 Å². The van der Waals surface area contributed by atoms with E-state index >= 15 is 0 Å². The second-order valence-corrected chi connectivity index (χ2v) is 8.75. The number of methoxy groups -OCH3 is 1. The topological polar surface area (TPSA) is 82.1 Å². The molecule has 0 N–H and O–H groups in total. The molecule has 3 rings (SSSR count). The number of carbonyl (C=O) groups is 1. The summed E-state index contributed by atoms with van der Waals surface area (Å²) in [6.45, 7) is 2.96. The molecule has 2 atom stereocenters. The summed E-state index contributed by atoms with van der Waals surface area (Å²) in [5, 5.41) is 0.0377. The van der Waals surface area contributed by atoms with E-state index in [1.54, 1.807) is 36.4 Å². The summed E-state index contributed by atoms with van der Waals surface area (Å²) in [5.74, 6) is -0.944. The van der Waals surface area contributed by atoms with Crippen LogP contribution in [0.1, 0.15) is 33.9 Å². The molecule has 0 aromatic heterocycles. The number of halogens is 2. The molecule has 1 aliphatic rings. The molecule has 0 spiro atoms. The number of hydrogen-bond acceptors (Lipinski definition) is 6. The number of rotatable bonds is 9. The fraction of sp³-hybridized carbons (Fsp3) is 0.409. The van der Waals surface area contributed by atoms with Crippen LogP contribution in [0, 0.1) is 5.82 Å². The maximum Gasteiger partial charge on any atom is 0.337 e. The van der Waals surface area contributed by atoms with Gasteiger partial charge in [0.15, 0.2) is 0 Å². The molecular formula is C22H25ClFN2O5S-. The van der Waals surface area contributed by atoms with Crippen LogP contribution >= 0.6 is 11.6 Å². The highest BCUT2D eigenvalue weighted by Crippen LogP contribution is 2.29. The van der Waals surface area contributed by atoms with Gasteiger partial charge in [0.25, 0.3) is 0 Å². The molecule has 10 heteroatoms. The zero-order chi connectivity index (χ0) is 23.1. The zero-order valence-corrected chi connectivity index (χ0v) is 19.2. The average molecular weight is 484 g/mol. The van der Waals surface area contributed by atoms with Crippen molar-refractivity contribution in [3.63, 3.8) is 0 Å². The average Bonchev–Trinajstić information content (AvgIpc) is 2.81. The Hall–Kier alpha value is -1.88. The minimum Gasteiger partial charge on any atom is -0.760 e. The molecule has 2 unspecified atom stereocenters. The van der Waals surface area contributed by atoms with Crippen LogP contribution in [0.5, 0.6) is 0 Å². The Labute approximate surface area is 194 Å². The normalized spacial score (nSPS) is 16.7. The van der Waals surface area contributed by atoms with E-state index in [9.17, 15) is 17.9 Å². The van der Waals surface area contributed by atoms with Crippen molar-refractivity contribution < 1.29 is 27.4 Å². The first-order valence-corrected chi connectivity index (χ1v) is 11.6. The smallest absolute Gasteiger partial charge is 0.337 e. The van der Waals surface area contributed by atoms with Gasteiger partial charge in [0.05, 0.1) is 30.9 Å². The molecule has 7 nitrogen and oxygen atoms in total. The van der Waals surface area contributed by atoms with Crippen LogP contribution in [0.15, 0.2) is 42.5 Å². The predicted molar refractivity (Wildman–Crippen MR) is 118 cm³/mol. The number of morpholine rings is 1. The number of ether oxygens (including phenoxy) is 2. The van der Waals surface area contributed by atoms with Crippen molar-refractivity contribution in [2.24, 2.45) is 0 Å². The van der Waals surface area contributed by atoms with E-state index < -0.39 is 23.1 Å². The molecule has 1 aliphatic heterocycles. The molecule has 1 fully saturated rings. The Morgan fingerprint density at radius 2 is 1.97 bits per heavy atom. The second kappa shape index (κ2) is 11.8. The van der Waals surface area contributed by atoms with Gasteiger partial charge in [-0.3, -0.25) is 9.11 Å². The fourth-order valence-corrected chi connectivity index (χ4v) is 4.41. The van der Waals surface area contributed by atoms with E-state index in [4.69, 9.17) is 16.3 Å². The lowest BCUT2D eigenvalue weighted by Crippen LogP contribution is -2.40. The summed E-state index contributed by atoms with van der Waals surface area (Å²) >= 11 is 3.56. The molecule has 2 aromatic rings. The molecule has 0 bridgehead atoms. The van der Waals surface area contributed by atoms with E-state index in [0.717, 1.165) is 11.1 Å². The molecule has 0 radical (unpaired) electrons. The van der Waals surface area contributed by atoms with Crippen LogP contribution in [-0.2, 0) is 27.3 Å². The van der Waals surface area contributed by atoms with Gasteiger partial charge >= 0.3 is 5.97 Å². The lowest BCUT2D eigenvalue weighted by molar-refractivity contribution is 0.0132. The Morgan fingerprint density at radius 3 is 2.56 bits per heavy atom. The first kappa shape index (κ1) is 24.8.